The zero-order chi connectivity index (χ0) is 30.5. The summed E-state index contributed by atoms with van der Waals surface area (Å²) in [7, 11) is 0. The SMILES string of the molecule is O=C(c1ccccc1)c1cccc(NC(=O)C2C(c3ccc(Br)c(Br)c3)OC3(C(=O)c4ccccc4C3=O)C2C(=O)O)c1. The number of ether oxygens (including phenoxy) is 1. The third kappa shape index (κ3) is 4.75. The minimum absolute atomic E-state index is 0.0441. The van der Waals surface area contributed by atoms with E-state index >= 15 is 0 Å². The summed E-state index contributed by atoms with van der Waals surface area (Å²) >= 11 is 6.82. The highest BCUT2D eigenvalue weighted by Gasteiger charge is 2.71. The first-order valence-corrected chi connectivity index (χ1v) is 14.8. The van der Waals surface area contributed by atoms with Crippen molar-refractivity contribution in [2.45, 2.75) is 11.7 Å². The molecule has 4 aromatic rings. The number of carboxylic acids is 1. The number of benzene rings is 4. The van der Waals surface area contributed by atoms with E-state index in [4.69, 9.17) is 4.74 Å². The van der Waals surface area contributed by atoms with Gasteiger partial charge in [0.2, 0.25) is 23.1 Å². The van der Waals surface area contributed by atoms with Gasteiger partial charge in [-0.25, -0.2) is 0 Å². The van der Waals surface area contributed by atoms with E-state index in [0.717, 1.165) is 0 Å². The minimum atomic E-state index is -2.44. The molecule has 1 saturated heterocycles. The molecule has 1 aliphatic heterocycles. The number of carboxylic acid groups (broad SMARTS) is 1. The molecule has 3 atom stereocenters. The largest absolute Gasteiger partial charge is 0.481 e. The number of nitrogens with one attached hydrogen (secondary N) is 1. The Morgan fingerprint density at radius 3 is 2.00 bits per heavy atom. The molecule has 1 fully saturated rings. The fraction of sp³-hybridized carbons (Fsp3) is 0.121. The van der Waals surface area contributed by atoms with Gasteiger partial charge in [0.15, 0.2) is 5.78 Å². The molecule has 43 heavy (non-hydrogen) atoms. The number of hydrogen-bond acceptors (Lipinski definition) is 6. The van der Waals surface area contributed by atoms with Crippen LogP contribution in [0.5, 0.6) is 0 Å². The van der Waals surface area contributed by atoms with Crippen molar-refractivity contribution in [2.75, 3.05) is 5.32 Å². The average Bonchev–Trinajstić information content (AvgIpc) is 3.49. The smallest absolute Gasteiger partial charge is 0.311 e. The van der Waals surface area contributed by atoms with E-state index in [9.17, 15) is 29.1 Å². The van der Waals surface area contributed by atoms with Gasteiger partial charge in [0.1, 0.15) is 5.92 Å². The third-order valence-corrected chi connectivity index (χ3v) is 9.68. The molecule has 1 heterocycles. The number of fused-ring (bicyclic) bond motifs is 1. The van der Waals surface area contributed by atoms with Crippen LogP contribution in [-0.4, -0.2) is 39.9 Å². The van der Waals surface area contributed by atoms with Crippen molar-refractivity contribution < 1.29 is 33.8 Å². The first kappa shape index (κ1) is 28.9. The van der Waals surface area contributed by atoms with Crippen LogP contribution in [-0.2, 0) is 14.3 Å². The number of ketones is 3. The zero-order valence-electron chi connectivity index (χ0n) is 22.1. The lowest BCUT2D eigenvalue weighted by Crippen LogP contribution is -2.52. The van der Waals surface area contributed by atoms with Crippen LogP contribution < -0.4 is 5.32 Å². The summed E-state index contributed by atoms with van der Waals surface area (Å²) in [5, 5.41) is 13.2. The summed E-state index contributed by atoms with van der Waals surface area (Å²) in [5.41, 5.74) is -0.953. The Morgan fingerprint density at radius 2 is 1.37 bits per heavy atom. The molecule has 1 spiro atoms. The number of Topliss-reactive ketones (excluding diaryl/α,β-unsaturated/α-hetero) is 2. The van der Waals surface area contributed by atoms with E-state index in [1.165, 1.54) is 18.2 Å². The number of hydrogen-bond donors (Lipinski definition) is 2. The van der Waals surface area contributed by atoms with Crippen LogP contribution in [0.4, 0.5) is 5.69 Å². The molecule has 3 unspecified atom stereocenters. The summed E-state index contributed by atoms with van der Waals surface area (Å²) in [6, 6.07) is 25.9. The van der Waals surface area contributed by atoms with Crippen LogP contribution in [0.3, 0.4) is 0 Å². The molecule has 0 radical (unpaired) electrons. The van der Waals surface area contributed by atoms with Crippen LogP contribution in [0.2, 0.25) is 0 Å². The zero-order valence-corrected chi connectivity index (χ0v) is 25.3. The lowest BCUT2D eigenvalue weighted by Gasteiger charge is -2.25. The van der Waals surface area contributed by atoms with Gasteiger partial charge in [-0.3, -0.25) is 24.0 Å². The number of anilines is 1. The molecule has 0 aromatic heterocycles. The molecule has 6 rings (SSSR count). The quantitative estimate of drug-likeness (QED) is 0.179. The van der Waals surface area contributed by atoms with E-state index < -0.39 is 47.0 Å². The van der Waals surface area contributed by atoms with Gasteiger partial charge in [-0.05, 0) is 61.7 Å². The van der Waals surface area contributed by atoms with E-state index in [1.807, 2.05) is 0 Å². The number of carbonyl (C=O) groups excluding carboxylic acids is 4. The molecule has 2 N–H and O–H groups in total. The number of rotatable bonds is 6. The molecule has 0 bridgehead atoms. The summed E-state index contributed by atoms with van der Waals surface area (Å²) in [5.74, 6) is -7.51. The normalized spacial score (nSPS) is 20.2. The van der Waals surface area contributed by atoms with Gasteiger partial charge in [-0.2, -0.15) is 0 Å². The van der Waals surface area contributed by atoms with Crippen LogP contribution in [0.15, 0.2) is 106 Å². The van der Waals surface area contributed by atoms with Gasteiger partial charge in [-0.15, -0.1) is 0 Å². The number of aliphatic carboxylic acids is 1. The molecule has 4 aromatic carbocycles. The molecular weight excluding hydrogens is 682 g/mol. The highest BCUT2D eigenvalue weighted by Crippen LogP contribution is 2.54. The second kappa shape index (κ2) is 11.1. The Kier molecular flexibility index (Phi) is 7.45. The van der Waals surface area contributed by atoms with Gasteiger partial charge in [0.25, 0.3) is 0 Å². The van der Waals surface area contributed by atoms with Crippen LogP contribution in [0.25, 0.3) is 0 Å². The van der Waals surface area contributed by atoms with Crippen molar-refractivity contribution in [3.63, 3.8) is 0 Å². The fourth-order valence-corrected chi connectivity index (χ4v) is 6.49. The van der Waals surface area contributed by atoms with Crippen LogP contribution >= 0.6 is 31.9 Å². The second-order valence-corrected chi connectivity index (χ2v) is 12.0. The van der Waals surface area contributed by atoms with E-state index in [-0.39, 0.29) is 22.6 Å². The molecular formula is C33H21Br2NO7. The maximum atomic E-state index is 14.1. The molecule has 8 nitrogen and oxygen atoms in total. The summed E-state index contributed by atoms with van der Waals surface area (Å²) < 4.78 is 7.52. The molecule has 2 aliphatic rings. The highest BCUT2D eigenvalue weighted by molar-refractivity contribution is 9.13. The molecule has 10 heteroatoms. The topological polar surface area (TPSA) is 127 Å². The number of halogens is 2. The highest BCUT2D eigenvalue weighted by atomic mass is 79.9. The first-order chi connectivity index (χ1) is 20.6. The maximum absolute atomic E-state index is 14.1. The lowest BCUT2D eigenvalue weighted by molar-refractivity contribution is -0.147. The summed E-state index contributed by atoms with van der Waals surface area (Å²) in [6.07, 6.45) is -1.28. The van der Waals surface area contributed by atoms with Gasteiger partial charge in [0, 0.05) is 36.9 Å². The van der Waals surface area contributed by atoms with Crippen molar-refractivity contribution >= 4 is 66.8 Å². The standard InChI is InChI=1S/C33H21Br2NO7/c34-23-14-13-19(16-24(23)35)28-25(26(32(41)42)33(43-28)29(38)21-11-4-5-12-22(21)30(33)39)31(40)36-20-10-6-9-18(15-20)27(37)17-7-2-1-3-8-17/h1-16,25-26,28H,(H,36,40)(H,41,42). The fourth-order valence-electron chi connectivity index (χ4n) is 5.85. The maximum Gasteiger partial charge on any atom is 0.311 e. The van der Waals surface area contributed by atoms with Crippen molar-refractivity contribution in [1.82, 2.24) is 0 Å². The second-order valence-electron chi connectivity index (χ2n) is 10.3. The molecule has 1 aliphatic carbocycles. The van der Waals surface area contributed by atoms with Crippen LogP contribution in [0.1, 0.15) is 48.3 Å². The Bertz CT molecular complexity index is 1800. The Hall–Kier alpha value is -4.25. The van der Waals surface area contributed by atoms with Gasteiger partial charge < -0.3 is 15.2 Å². The van der Waals surface area contributed by atoms with Gasteiger partial charge >= 0.3 is 5.97 Å². The van der Waals surface area contributed by atoms with Crippen molar-refractivity contribution in [2.24, 2.45) is 11.8 Å². The van der Waals surface area contributed by atoms with E-state index in [0.29, 0.717) is 25.6 Å². The van der Waals surface area contributed by atoms with Crippen molar-refractivity contribution in [3.8, 4) is 0 Å². The summed E-state index contributed by atoms with van der Waals surface area (Å²) in [6.45, 7) is 0. The third-order valence-electron chi connectivity index (χ3n) is 7.80. The Balaban J connectivity index is 1.42. The van der Waals surface area contributed by atoms with E-state index in [2.05, 4.69) is 37.2 Å². The summed E-state index contributed by atoms with van der Waals surface area (Å²) in [4.78, 5) is 67.7. The van der Waals surface area contributed by atoms with Gasteiger partial charge in [0.05, 0.1) is 12.0 Å². The predicted molar refractivity (Wildman–Crippen MR) is 163 cm³/mol. The Labute approximate surface area is 262 Å². The average molecular weight is 703 g/mol. The molecule has 0 saturated carbocycles. The minimum Gasteiger partial charge on any atom is -0.481 e. The van der Waals surface area contributed by atoms with Crippen molar-refractivity contribution in [3.05, 3.63) is 134 Å². The monoisotopic (exact) mass is 701 g/mol. The van der Waals surface area contributed by atoms with Gasteiger partial charge in [-0.1, -0.05) is 72.8 Å². The molecule has 1 amide bonds. The Morgan fingerprint density at radius 1 is 0.744 bits per heavy atom. The van der Waals surface area contributed by atoms with E-state index in [1.54, 1.807) is 78.9 Å². The van der Waals surface area contributed by atoms with Crippen molar-refractivity contribution in [1.29, 1.82) is 0 Å². The first-order valence-electron chi connectivity index (χ1n) is 13.2. The van der Waals surface area contributed by atoms with Crippen LogP contribution in [0, 0.1) is 11.8 Å². The number of carbonyl (C=O) groups is 5. The molecule has 214 valence electrons. The predicted octanol–water partition coefficient (Wildman–Crippen LogP) is 6.29. The lowest BCUT2D eigenvalue weighted by atomic mass is 9.75. The number of amides is 1.